The maximum absolute atomic E-state index is 6.07. The van der Waals surface area contributed by atoms with Crippen LogP contribution in [0, 0.1) is 0 Å². The fourth-order valence-corrected chi connectivity index (χ4v) is 2.80. The Kier molecular flexibility index (Phi) is 5.42. The van der Waals surface area contributed by atoms with Gasteiger partial charge >= 0.3 is 0 Å². The molecule has 2 rings (SSSR count). The smallest absolute Gasteiger partial charge is 0.215 e. The summed E-state index contributed by atoms with van der Waals surface area (Å²) in [6, 6.07) is 4.01. The highest BCUT2D eigenvalue weighted by atomic mass is 35.5. The Labute approximate surface area is 130 Å². The summed E-state index contributed by atoms with van der Waals surface area (Å²) in [5, 5.41) is 0. The van der Waals surface area contributed by atoms with Gasteiger partial charge in [0, 0.05) is 18.7 Å². The molecule has 0 aliphatic heterocycles. The van der Waals surface area contributed by atoms with Gasteiger partial charge in [0.25, 0.3) is 0 Å². The second kappa shape index (κ2) is 7.09. The summed E-state index contributed by atoms with van der Waals surface area (Å²) in [7, 11) is 1.62. The fourth-order valence-electron chi connectivity index (χ4n) is 2.61. The molecule has 2 aromatic rings. The van der Waals surface area contributed by atoms with Gasteiger partial charge in [-0.05, 0) is 26.1 Å². The predicted molar refractivity (Wildman–Crippen MR) is 86.1 cm³/mol. The highest BCUT2D eigenvalue weighted by Gasteiger charge is 2.18. The number of hydrogen-bond acceptors (Lipinski definition) is 4. The number of ether oxygens (including phenoxy) is 1. The van der Waals surface area contributed by atoms with E-state index in [0.717, 1.165) is 36.6 Å². The molecule has 2 heterocycles. The minimum atomic E-state index is 0.253. The third-order valence-electron chi connectivity index (χ3n) is 3.77. The lowest BCUT2D eigenvalue weighted by molar-refractivity contribution is 0.261. The van der Waals surface area contributed by atoms with Crippen LogP contribution in [-0.2, 0) is 5.88 Å². The number of likely N-dealkylation sites (N-methyl/N-ethyl adjacent to an activating group) is 1. The number of alkyl halides is 1. The Morgan fingerprint density at radius 3 is 2.57 bits per heavy atom. The molecule has 0 aliphatic carbocycles. The van der Waals surface area contributed by atoms with Gasteiger partial charge < -0.3 is 14.2 Å². The Hall–Kier alpha value is -1.33. The van der Waals surface area contributed by atoms with Crippen molar-refractivity contribution in [3.05, 3.63) is 18.0 Å². The molecule has 0 saturated heterocycles. The minimum Gasteiger partial charge on any atom is -0.481 e. The topological polar surface area (TPSA) is 43.2 Å². The van der Waals surface area contributed by atoms with Crippen molar-refractivity contribution in [2.45, 2.75) is 32.7 Å². The molecule has 0 bridgehead atoms. The minimum absolute atomic E-state index is 0.253. The number of rotatable bonds is 7. The highest BCUT2D eigenvalue weighted by Crippen LogP contribution is 2.23. The molecule has 5 nitrogen and oxygen atoms in total. The standard InChI is InChI=1S/C15H23ClN4O/c1-5-19(6-2)10-11(3)20-13(9-16)17-12-7-8-14(21-4)18-15(12)20/h7-8,11H,5-6,9-10H2,1-4H3. The molecule has 2 aromatic heterocycles. The number of aromatic nitrogens is 3. The summed E-state index contributed by atoms with van der Waals surface area (Å²) in [6.45, 7) is 9.52. The number of pyridine rings is 1. The molecule has 0 aliphatic rings. The van der Waals surface area contributed by atoms with Gasteiger partial charge in [0.15, 0.2) is 5.65 Å². The normalized spacial score (nSPS) is 13.0. The van der Waals surface area contributed by atoms with E-state index in [1.54, 1.807) is 7.11 Å². The number of hydrogen-bond donors (Lipinski definition) is 0. The SMILES string of the molecule is CCN(CC)CC(C)n1c(CCl)nc2ccc(OC)nc21. The van der Waals surface area contributed by atoms with Crippen molar-refractivity contribution in [2.24, 2.45) is 0 Å². The van der Waals surface area contributed by atoms with Crippen LogP contribution in [0.25, 0.3) is 11.2 Å². The van der Waals surface area contributed by atoms with E-state index in [1.165, 1.54) is 0 Å². The van der Waals surface area contributed by atoms with E-state index in [-0.39, 0.29) is 6.04 Å². The van der Waals surface area contributed by atoms with Crippen LogP contribution >= 0.6 is 11.6 Å². The van der Waals surface area contributed by atoms with Gasteiger partial charge in [-0.2, -0.15) is 4.98 Å². The van der Waals surface area contributed by atoms with E-state index >= 15 is 0 Å². The van der Waals surface area contributed by atoms with Crippen LogP contribution in [0.3, 0.4) is 0 Å². The van der Waals surface area contributed by atoms with Crippen LogP contribution in [0.1, 0.15) is 32.6 Å². The van der Waals surface area contributed by atoms with Crippen molar-refractivity contribution in [1.82, 2.24) is 19.4 Å². The Morgan fingerprint density at radius 1 is 1.29 bits per heavy atom. The van der Waals surface area contributed by atoms with Crippen LogP contribution in [0.2, 0.25) is 0 Å². The second-order valence-corrected chi connectivity index (χ2v) is 5.33. The Morgan fingerprint density at radius 2 is 2.00 bits per heavy atom. The fraction of sp³-hybridized carbons (Fsp3) is 0.600. The summed E-state index contributed by atoms with van der Waals surface area (Å²) in [6.07, 6.45) is 0. The van der Waals surface area contributed by atoms with Crippen LogP contribution < -0.4 is 4.74 Å². The first-order valence-corrected chi connectivity index (χ1v) is 7.88. The van der Waals surface area contributed by atoms with E-state index in [1.807, 2.05) is 12.1 Å². The van der Waals surface area contributed by atoms with Crippen molar-refractivity contribution < 1.29 is 4.74 Å². The maximum atomic E-state index is 6.07. The first kappa shape index (κ1) is 16.0. The molecule has 0 radical (unpaired) electrons. The van der Waals surface area contributed by atoms with Crippen LogP contribution in [-0.4, -0.2) is 46.2 Å². The summed E-state index contributed by atoms with van der Waals surface area (Å²) >= 11 is 6.07. The average molecular weight is 311 g/mol. The monoisotopic (exact) mass is 310 g/mol. The quantitative estimate of drug-likeness (QED) is 0.737. The van der Waals surface area contributed by atoms with Crippen molar-refractivity contribution >= 4 is 22.8 Å². The first-order chi connectivity index (χ1) is 10.1. The lowest BCUT2D eigenvalue weighted by Crippen LogP contribution is -2.30. The van der Waals surface area contributed by atoms with Gasteiger partial charge in [0.1, 0.15) is 11.3 Å². The number of methoxy groups -OCH3 is 1. The van der Waals surface area contributed by atoms with Gasteiger partial charge in [-0.1, -0.05) is 13.8 Å². The highest BCUT2D eigenvalue weighted by molar-refractivity contribution is 6.16. The summed E-state index contributed by atoms with van der Waals surface area (Å²) < 4.78 is 7.36. The predicted octanol–water partition coefficient (Wildman–Crippen LogP) is 3.08. The molecule has 21 heavy (non-hydrogen) atoms. The van der Waals surface area contributed by atoms with Crippen molar-refractivity contribution in [2.75, 3.05) is 26.7 Å². The molecular weight excluding hydrogens is 288 g/mol. The molecular formula is C15H23ClN4O. The van der Waals surface area contributed by atoms with E-state index in [2.05, 4.69) is 40.2 Å². The largest absolute Gasteiger partial charge is 0.481 e. The number of nitrogens with zero attached hydrogens (tertiary/aromatic N) is 4. The lowest BCUT2D eigenvalue weighted by atomic mass is 10.3. The zero-order valence-electron chi connectivity index (χ0n) is 13.1. The third kappa shape index (κ3) is 3.30. The molecule has 0 fully saturated rings. The van der Waals surface area contributed by atoms with E-state index in [9.17, 15) is 0 Å². The van der Waals surface area contributed by atoms with Crippen molar-refractivity contribution in [1.29, 1.82) is 0 Å². The van der Waals surface area contributed by atoms with Crippen molar-refractivity contribution in [3.8, 4) is 5.88 Å². The van der Waals surface area contributed by atoms with Gasteiger partial charge in [0.2, 0.25) is 5.88 Å². The van der Waals surface area contributed by atoms with Crippen LogP contribution in [0.5, 0.6) is 5.88 Å². The molecule has 6 heteroatoms. The van der Waals surface area contributed by atoms with Gasteiger partial charge in [-0.3, -0.25) is 0 Å². The summed E-state index contributed by atoms with van der Waals surface area (Å²) in [5.74, 6) is 1.83. The zero-order valence-corrected chi connectivity index (χ0v) is 13.9. The van der Waals surface area contributed by atoms with E-state index < -0.39 is 0 Å². The number of imidazole rings is 1. The average Bonchev–Trinajstić information content (AvgIpc) is 2.89. The Balaban J connectivity index is 2.44. The van der Waals surface area contributed by atoms with E-state index in [4.69, 9.17) is 16.3 Å². The summed E-state index contributed by atoms with van der Waals surface area (Å²) in [5.41, 5.74) is 1.70. The molecule has 0 N–H and O–H groups in total. The van der Waals surface area contributed by atoms with Gasteiger partial charge in [0.05, 0.1) is 13.0 Å². The van der Waals surface area contributed by atoms with Crippen LogP contribution in [0.15, 0.2) is 12.1 Å². The number of halogens is 1. The van der Waals surface area contributed by atoms with Gasteiger partial charge in [-0.15, -0.1) is 11.6 Å². The molecule has 116 valence electrons. The van der Waals surface area contributed by atoms with E-state index in [0.29, 0.717) is 11.8 Å². The van der Waals surface area contributed by atoms with Gasteiger partial charge in [-0.25, -0.2) is 4.98 Å². The van der Waals surface area contributed by atoms with Crippen molar-refractivity contribution in [3.63, 3.8) is 0 Å². The van der Waals surface area contributed by atoms with Crippen LogP contribution in [0.4, 0.5) is 0 Å². The second-order valence-electron chi connectivity index (χ2n) is 5.06. The number of fused-ring (bicyclic) bond motifs is 1. The maximum Gasteiger partial charge on any atom is 0.215 e. The molecule has 0 spiro atoms. The Bertz CT molecular complexity index is 595. The molecule has 0 saturated carbocycles. The lowest BCUT2D eigenvalue weighted by Gasteiger charge is -2.24. The molecule has 1 unspecified atom stereocenters. The third-order valence-corrected chi connectivity index (χ3v) is 4.01. The molecule has 0 aromatic carbocycles. The molecule has 0 amide bonds. The zero-order chi connectivity index (χ0) is 15.4. The summed E-state index contributed by atoms with van der Waals surface area (Å²) in [4.78, 5) is 11.5. The molecule has 1 atom stereocenters. The first-order valence-electron chi connectivity index (χ1n) is 7.34.